The van der Waals surface area contributed by atoms with Crippen molar-refractivity contribution in [1.82, 2.24) is 0 Å². The second kappa shape index (κ2) is 6.92. The van der Waals surface area contributed by atoms with Crippen molar-refractivity contribution in [2.24, 2.45) is 5.41 Å². The Morgan fingerprint density at radius 2 is 1.95 bits per heavy atom. The van der Waals surface area contributed by atoms with E-state index in [2.05, 4.69) is 17.4 Å². The summed E-state index contributed by atoms with van der Waals surface area (Å²) in [6, 6.07) is 8.23. The fourth-order valence-electron chi connectivity index (χ4n) is 2.95. The third-order valence-electron chi connectivity index (χ3n) is 4.22. The molecular weight excluding hydrogens is 238 g/mol. The maximum Gasteiger partial charge on any atom is 0.0733 e. The van der Waals surface area contributed by atoms with Crippen molar-refractivity contribution >= 4 is 5.69 Å². The van der Waals surface area contributed by atoms with Crippen LogP contribution in [-0.2, 0) is 11.3 Å². The summed E-state index contributed by atoms with van der Waals surface area (Å²) in [6.07, 6.45) is 6.04. The summed E-state index contributed by atoms with van der Waals surface area (Å²) in [4.78, 5) is 0. The lowest BCUT2D eigenvalue weighted by Crippen LogP contribution is -2.35. The van der Waals surface area contributed by atoms with Gasteiger partial charge in [-0.2, -0.15) is 0 Å². The van der Waals surface area contributed by atoms with Crippen molar-refractivity contribution in [3.63, 3.8) is 0 Å². The van der Waals surface area contributed by atoms with Gasteiger partial charge in [0.15, 0.2) is 0 Å². The summed E-state index contributed by atoms with van der Waals surface area (Å²) in [5, 5.41) is 13.2. The Kier molecular flexibility index (Phi) is 5.23. The number of hydrogen-bond acceptors (Lipinski definition) is 3. The molecule has 2 rings (SSSR count). The molecule has 3 nitrogen and oxygen atoms in total. The lowest BCUT2D eigenvalue weighted by molar-refractivity contribution is 0.0943. The van der Waals surface area contributed by atoms with Gasteiger partial charge >= 0.3 is 0 Å². The van der Waals surface area contributed by atoms with Crippen molar-refractivity contribution in [2.45, 2.75) is 38.7 Å². The van der Waals surface area contributed by atoms with Gasteiger partial charge in [-0.15, -0.1) is 0 Å². The smallest absolute Gasteiger partial charge is 0.0733 e. The maximum absolute atomic E-state index is 9.73. The van der Waals surface area contributed by atoms with Crippen LogP contribution in [0.1, 0.15) is 37.7 Å². The highest BCUT2D eigenvalue weighted by atomic mass is 16.5. The van der Waals surface area contributed by atoms with Crippen molar-refractivity contribution < 1.29 is 9.84 Å². The van der Waals surface area contributed by atoms with Gasteiger partial charge in [0.1, 0.15) is 0 Å². The molecule has 1 aliphatic rings. The van der Waals surface area contributed by atoms with Crippen molar-refractivity contribution in [2.75, 3.05) is 25.6 Å². The number of ether oxygens (including phenoxy) is 1. The molecule has 0 amide bonds. The maximum atomic E-state index is 9.73. The van der Waals surface area contributed by atoms with E-state index >= 15 is 0 Å². The molecule has 19 heavy (non-hydrogen) atoms. The number of rotatable bonds is 6. The minimum atomic E-state index is 0.0679. The molecule has 0 saturated heterocycles. The summed E-state index contributed by atoms with van der Waals surface area (Å²) >= 11 is 0. The third-order valence-corrected chi connectivity index (χ3v) is 4.22. The van der Waals surface area contributed by atoms with Crippen LogP contribution in [0.25, 0.3) is 0 Å². The summed E-state index contributed by atoms with van der Waals surface area (Å²) in [7, 11) is 1.72. The molecule has 0 radical (unpaired) electrons. The largest absolute Gasteiger partial charge is 0.396 e. The lowest BCUT2D eigenvalue weighted by Gasteiger charge is -2.36. The van der Waals surface area contributed by atoms with Crippen LogP contribution in [0.5, 0.6) is 0 Å². The fourth-order valence-corrected chi connectivity index (χ4v) is 2.95. The van der Waals surface area contributed by atoms with Crippen LogP contribution in [-0.4, -0.2) is 25.4 Å². The van der Waals surface area contributed by atoms with Gasteiger partial charge in [0.05, 0.1) is 13.2 Å². The molecule has 0 aliphatic heterocycles. The van der Waals surface area contributed by atoms with Crippen LogP contribution in [0, 0.1) is 5.41 Å². The quantitative estimate of drug-likeness (QED) is 0.828. The van der Waals surface area contributed by atoms with E-state index in [4.69, 9.17) is 4.74 Å². The monoisotopic (exact) mass is 263 g/mol. The summed E-state index contributed by atoms with van der Waals surface area (Å²) in [5.41, 5.74) is 2.37. The van der Waals surface area contributed by atoms with Crippen LogP contribution < -0.4 is 5.32 Å². The number of anilines is 1. The Balaban J connectivity index is 2.00. The Morgan fingerprint density at radius 1 is 1.21 bits per heavy atom. The van der Waals surface area contributed by atoms with Gasteiger partial charge in [-0.3, -0.25) is 0 Å². The first-order valence-corrected chi connectivity index (χ1v) is 7.21. The molecule has 1 saturated carbocycles. The van der Waals surface area contributed by atoms with E-state index in [0.717, 1.165) is 25.1 Å². The van der Waals surface area contributed by atoms with Gasteiger partial charge < -0.3 is 15.2 Å². The van der Waals surface area contributed by atoms with Gasteiger partial charge in [-0.1, -0.05) is 37.5 Å². The Bertz CT molecular complexity index is 386. The summed E-state index contributed by atoms with van der Waals surface area (Å²) < 4.78 is 5.22. The number of para-hydroxylation sites is 1. The Labute approximate surface area is 116 Å². The number of aliphatic hydroxyl groups excluding tert-OH is 1. The van der Waals surface area contributed by atoms with Gasteiger partial charge in [0.25, 0.3) is 0 Å². The highest BCUT2D eigenvalue weighted by Gasteiger charge is 2.31. The molecule has 1 aromatic carbocycles. The molecule has 0 atom stereocenters. The highest BCUT2D eigenvalue weighted by Crippen LogP contribution is 2.36. The minimum absolute atomic E-state index is 0.0679. The molecule has 0 aromatic heterocycles. The molecule has 2 N–H and O–H groups in total. The second-order valence-corrected chi connectivity index (χ2v) is 5.66. The molecule has 0 heterocycles. The molecule has 0 unspecified atom stereocenters. The molecular formula is C16H25NO2. The van der Waals surface area contributed by atoms with Crippen molar-refractivity contribution in [3.05, 3.63) is 29.8 Å². The molecule has 0 spiro atoms. The van der Waals surface area contributed by atoms with Crippen LogP contribution in [0.4, 0.5) is 5.69 Å². The van der Waals surface area contributed by atoms with E-state index < -0.39 is 0 Å². The minimum Gasteiger partial charge on any atom is -0.396 e. The van der Waals surface area contributed by atoms with E-state index in [0.29, 0.717) is 6.61 Å². The highest BCUT2D eigenvalue weighted by molar-refractivity contribution is 5.51. The average Bonchev–Trinajstić information content (AvgIpc) is 2.48. The first-order valence-electron chi connectivity index (χ1n) is 7.21. The van der Waals surface area contributed by atoms with Gasteiger partial charge in [0, 0.05) is 30.3 Å². The van der Waals surface area contributed by atoms with Crippen LogP contribution in [0.3, 0.4) is 0 Å². The number of aliphatic hydroxyl groups is 1. The van der Waals surface area contributed by atoms with Crippen LogP contribution in [0.15, 0.2) is 24.3 Å². The first kappa shape index (κ1) is 14.4. The number of hydrogen-bond donors (Lipinski definition) is 2. The predicted molar refractivity (Wildman–Crippen MR) is 78.2 cm³/mol. The molecule has 1 aromatic rings. The van der Waals surface area contributed by atoms with E-state index in [1.54, 1.807) is 7.11 Å². The van der Waals surface area contributed by atoms with E-state index in [1.807, 2.05) is 12.1 Å². The molecule has 106 valence electrons. The van der Waals surface area contributed by atoms with Gasteiger partial charge in [-0.05, 0) is 18.9 Å². The average molecular weight is 263 g/mol. The Morgan fingerprint density at radius 3 is 2.63 bits per heavy atom. The SMILES string of the molecule is COCc1ccccc1NCC1(CO)CCCCC1. The zero-order chi connectivity index (χ0) is 13.6. The zero-order valence-corrected chi connectivity index (χ0v) is 11.8. The fraction of sp³-hybridized carbons (Fsp3) is 0.625. The van der Waals surface area contributed by atoms with Crippen molar-refractivity contribution in [1.29, 1.82) is 0 Å². The van der Waals surface area contributed by atoms with Crippen molar-refractivity contribution in [3.8, 4) is 0 Å². The normalized spacial score (nSPS) is 18.2. The number of benzene rings is 1. The predicted octanol–water partition coefficient (Wildman–Crippen LogP) is 3.19. The molecule has 3 heteroatoms. The third kappa shape index (κ3) is 3.71. The number of nitrogens with one attached hydrogen (secondary N) is 1. The standard InChI is InChI=1S/C16H25NO2/c1-19-11-14-7-3-4-8-15(14)17-12-16(13-18)9-5-2-6-10-16/h3-4,7-8,17-18H,2,5-6,9-13H2,1H3. The summed E-state index contributed by atoms with van der Waals surface area (Å²) in [6.45, 7) is 1.76. The zero-order valence-electron chi connectivity index (χ0n) is 11.8. The lowest BCUT2D eigenvalue weighted by atomic mass is 9.74. The first-order chi connectivity index (χ1) is 9.29. The topological polar surface area (TPSA) is 41.5 Å². The second-order valence-electron chi connectivity index (χ2n) is 5.66. The summed E-state index contributed by atoms with van der Waals surface area (Å²) in [5.74, 6) is 0. The Hall–Kier alpha value is -1.06. The van der Waals surface area contributed by atoms with Crippen LogP contribution >= 0.6 is 0 Å². The molecule has 0 bridgehead atoms. The van der Waals surface area contributed by atoms with E-state index in [-0.39, 0.29) is 12.0 Å². The van der Waals surface area contributed by atoms with E-state index in [9.17, 15) is 5.11 Å². The van der Waals surface area contributed by atoms with E-state index in [1.165, 1.54) is 24.8 Å². The molecule has 1 fully saturated rings. The number of methoxy groups -OCH3 is 1. The molecule has 1 aliphatic carbocycles. The van der Waals surface area contributed by atoms with Gasteiger partial charge in [-0.25, -0.2) is 0 Å². The van der Waals surface area contributed by atoms with Crippen LogP contribution in [0.2, 0.25) is 0 Å². The van der Waals surface area contributed by atoms with Gasteiger partial charge in [0.2, 0.25) is 0 Å².